The lowest BCUT2D eigenvalue weighted by atomic mass is 9.06. The maximum atomic E-state index is 2.43. The Balaban J connectivity index is 1.71. The van der Waals surface area contributed by atoms with Gasteiger partial charge in [-0.3, -0.25) is 0 Å². The fourth-order valence-corrected chi connectivity index (χ4v) is 7.41. The molecule has 3 aliphatic carbocycles. The Morgan fingerprint density at radius 1 is 0.609 bits per heavy atom. The summed E-state index contributed by atoms with van der Waals surface area (Å²) in [5, 5.41) is 0. The summed E-state index contributed by atoms with van der Waals surface area (Å²) < 4.78 is 0. The molecule has 0 spiro atoms. The van der Waals surface area contributed by atoms with Gasteiger partial charge in [-0.05, 0) is 0 Å². The van der Waals surface area contributed by atoms with E-state index in [0.717, 1.165) is 17.5 Å². The Morgan fingerprint density at radius 3 is 1.39 bits per heavy atom. The minimum absolute atomic E-state index is 0.203. The quantitative estimate of drug-likeness (QED) is 0.511. The first-order valence-electron chi connectivity index (χ1n) is 10.6. The highest BCUT2D eigenvalue weighted by Gasteiger charge is 2.46. The Morgan fingerprint density at radius 2 is 1.00 bits per heavy atom. The van der Waals surface area contributed by atoms with Crippen LogP contribution in [0.1, 0.15) is 82.6 Å². The van der Waals surface area contributed by atoms with Crippen LogP contribution in [0, 0.1) is 0 Å². The molecule has 0 heterocycles. The molecule has 0 nitrogen and oxygen atoms in total. The van der Waals surface area contributed by atoms with Crippen molar-refractivity contribution in [1.29, 1.82) is 0 Å². The van der Waals surface area contributed by atoms with Gasteiger partial charge in [0, 0.05) is 6.15 Å². The Kier molecular flexibility index (Phi) is 4.83. The standard InChI is InChI=1S/C22H34B/c1-2-10-19(11-3-1)18-23(20-12-4-5-13-20,21-14-6-7-15-21)22-16-8-9-17-22/h1-3,10-11,20-22H,4-9,12-18H2/q-1. The highest BCUT2D eigenvalue weighted by Crippen LogP contribution is 2.59. The first kappa shape index (κ1) is 15.8. The zero-order valence-corrected chi connectivity index (χ0v) is 14.9. The summed E-state index contributed by atoms with van der Waals surface area (Å²) in [5.74, 6) is 3.25. The van der Waals surface area contributed by atoms with Gasteiger partial charge in [-0.2, -0.15) is 23.8 Å². The monoisotopic (exact) mass is 309 g/mol. The smallest absolute Gasteiger partial charge is 0.0146 e. The molecule has 0 N–H and O–H groups in total. The van der Waals surface area contributed by atoms with Crippen LogP contribution in [0.4, 0.5) is 0 Å². The molecular formula is C22H34B-. The summed E-state index contributed by atoms with van der Waals surface area (Å²) in [7, 11) is 0. The largest absolute Gasteiger partial charge is 0.166 e. The van der Waals surface area contributed by atoms with E-state index in [1.54, 1.807) is 44.1 Å². The van der Waals surface area contributed by atoms with Gasteiger partial charge in [0.05, 0.1) is 0 Å². The zero-order valence-electron chi connectivity index (χ0n) is 14.9. The van der Waals surface area contributed by atoms with Crippen molar-refractivity contribution in [2.75, 3.05) is 0 Å². The summed E-state index contributed by atoms with van der Waals surface area (Å²) in [5.41, 5.74) is 1.65. The number of rotatable bonds is 5. The van der Waals surface area contributed by atoms with E-state index in [2.05, 4.69) is 30.3 Å². The molecule has 4 rings (SSSR count). The molecule has 0 unspecified atom stereocenters. The first-order chi connectivity index (χ1) is 11.4. The van der Waals surface area contributed by atoms with Crippen LogP contribution in [0.5, 0.6) is 0 Å². The van der Waals surface area contributed by atoms with E-state index < -0.39 is 0 Å². The van der Waals surface area contributed by atoms with Crippen molar-refractivity contribution in [3.63, 3.8) is 0 Å². The molecule has 126 valence electrons. The predicted octanol–water partition coefficient (Wildman–Crippen LogP) is 7.05. The average Bonchev–Trinajstić information content (AvgIpc) is 3.38. The van der Waals surface area contributed by atoms with Crippen molar-refractivity contribution in [2.45, 2.75) is 101 Å². The molecule has 1 aromatic rings. The highest BCUT2D eigenvalue weighted by atomic mass is 14.3. The first-order valence-corrected chi connectivity index (χ1v) is 10.6. The maximum absolute atomic E-state index is 2.43. The third kappa shape index (κ3) is 3.01. The maximum Gasteiger partial charge on any atom is 0.0146 e. The van der Waals surface area contributed by atoms with Crippen LogP contribution in [0.2, 0.25) is 17.5 Å². The van der Waals surface area contributed by atoms with E-state index in [4.69, 9.17) is 0 Å². The van der Waals surface area contributed by atoms with E-state index in [9.17, 15) is 0 Å². The number of benzene rings is 1. The molecule has 23 heavy (non-hydrogen) atoms. The average molecular weight is 309 g/mol. The normalized spacial score (nSPS) is 24.7. The lowest BCUT2D eigenvalue weighted by molar-refractivity contribution is 0.664. The fourth-order valence-electron chi connectivity index (χ4n) is 7.41. The van der Waals surface area contributed by atoms with Gasteiger partial charge < -0.3 is 0 Å². The third-order valence-electron chi connectivity index (χ3n) is 8.26. The Labute approximate surface area is 143 Å². The fraction of sp³-hybridized carbons (Fsp3) is 0.727. The van der Waals surface area contributed by atoms with Gasteiger partial charge in [-0.1, -0.05) is 113 Å². The molecule has 3 saturated carbocycles. The minimum atomic E-state index is -0.203. The Bertz CT molecular complexity index is 435. The number of hydrogen-bond acceptors (Lipinski definition) is 0. The molecule has 0 amide bonds. The molecule has 0 radical (unpaired) electrons. The molecule has 0 atom stereocenters. The molecule has 0 saturated heterocycles. The summed E-state index contributed by atoms with van der Waals surface area (Å²) in [6.45, 7) is 0. The van der Waals surface area contributed by atoms with Crippen molar-refractivity contribution >= 4 is 6.15 Å². The molecule has 1 heteroatoms. The number of hydrogen-bond donors (Lipinski definition) is 0. The van der Waals surface area contributed by atoms with Crippen molar-refractivity contribution in [2.24, 2.45) is 0 Å². The van der Waals surface area contributed by atoms with Gasteiger partial charge in [-0.25, -0.2) is 0 Å². The Hall–Kier alpha value is -0.715. The van der Waals surface area contributed by atoms with Crippen LogP contribution in [-0.4, -0.2) is 6.15 Å². The molecule has 3 aliphatic rings. The summed E-state index contributed by atoms with van der Waals surface area (Å²) in [4.78, 5) is 0. The second-order valence-electron chi connectivity index (χ2n) is 9.11. The molecule has 0 aliphatic heterocycles. The van der Waals surface area contributed by atoms with Gasteiger partial charge in [0.1, 0.15) is 0 Å². The molecule has 1 aromatic carbocycles. The van der Waals surface area contributed by atoms with Gasteiger partial charge in [0.15, 0.2) is 0 Å². The van der Waals surface area contributed by atoms with Gasteiger partial charge >= 0.3 is 0 Å². The van der Waals surface area contributed by atoms with Crippen LogP contribution in [0.15, 0.2) is 30.3 Å². The second kappa shape index (κ2) is 7.03. The van der Waals surface area contributed by atoms with Crippen molar-refractivity contribution in [1.82, 2.24) is 0 Å². The molecular weight excluding hydrogens is 275 g/mol. The van der Waals surface area contributed by atoms with Crippen LogP contribution in [0.3, 0.4) is 0 Å². The molecule has 3 fully saturated rings. The van der Waals surface area contributed by atoms with E-state index >= 15 is 0 Å². The van der Waals surface area contributed by atoms with Crippen LogP contribution < -0.4 is 0 Å². The van der Waals surface area contributed by atoms with E-state index in [0.29, 0.717) is 0 Å². The van der Waals surface area contributed by atoms with Gasteiger partial charge in [0.25, 0.3) is 0 Å². The third-order valence-corrected chi connectivity index (χ3v) is 8.26. The van der Waals surface area contributed by atoms with Crippen molar-refractivity contribution in [3.8, 4) is 0 Å². The SMILES string of the molecule is c1ccc(C[B-](C2CCCC2)(C2CCCC2)C2CCCC2)cc1. The van der Waals surface area contributed by atoms with E-state index in [-0.39, 0.29) is 6.15 Å². The highest BCUT2D eigenvalue weighted by molar-refractivity contribution is 6.83. The van der Waals surface area contributed by atoms with E-state index in [1.807, 2.05) is 0 Å². The van der Waals surface area contributed by atoms with Crippen LogP contribution >= 0.6 is 0 Å². The zero-order chi connectivity index (χ0) is 15.5. The molecule has 0 bridgehead atoms. The lowest BCUT2D eigenvalue weighted by Crippen LogP contribution is -2.50. The van der Waals surface area contributed by atoms with Crippen LogP contribution in [0.25, 0.3) is 0 Å². The minimum Gasteiger partial charge on any atom is -0.166 e. The summed E-state index contributed by atoms with van der Waals surface area (Å²) in [6, 6.07) is 11.6. The summed E-state index contributed by atoms with van der Waals surface area (Å²) in [6.07, 6.45) is 19.7. The van der Waals surface area contributed by atoms with Crippen molar-refractivity contribution in [3.05, 3.63) is 35.9 Å². The van der Waals surface area contributed by atoms with Crippen molar-refractivity contribution < 1.29 is 0 Å². The molecule has 0 aromatic heterocycles. The topological polar surface area (TPSA) is 0 Å². The van der Waals surface area contributed by atoms with Crippen LogP contribution in [-0.2, 0) is 6.32 Å². The van der Waals surface area contributed by atoms with E-state index in [1.165, 1.54) is 44.8 Å². The van der Waals surface area contributed by atoms with Gasteiger partial charge in [-0.15, -0.1) is 0 Å². The van der Waals surface area contributed by atoms with Gasteiger partial charge in [0.2, 0.25) is 0 Å². The summed E-state index contributed by atoms with van der Waals surface area (Å²) >= 11 is 0. The lowest BCUT2D eigenvalue weighted by Gasteiger charge is -2.55. The predicted molar refractivity (Wildman–Crippen MR) is 103 cm³/mol. The second-order valence-corrected chi connectivity index (χ2v) is 9.11.